The van der Waals surface area contributed by atoms with Gasteiger partial charge in [-0.3, -0.25) is 0 Å². The fraction of sp³-hybridized carbons (Fsp3) is 0.455. The van der Waals surface area contributed by atoms with Gasteiger partial charge in [-0.25, -0.2) is 9.97 Å². The molecule has 2 heterocycles. The monoisotopic (exact) mass is 268 g/mol. The lowest BCUT2D eigenvalue weighted by Gasteiger charge is -2.04. The van der Waals surface area contributed by atoms with E-state index in [1.807, 2.05) is 14.0 Å². The molecule has 0 saturated carbocycles. The summed E-state index contributed by atoms with van der Waals surface area (Å²) in [6, 6.07) is 0. The Morgan fingerprint density at radius 2 is 2.12 bits per heavy atom. The zero-order valence-corrected chi connectivity index (χ0v) is 12.1. The first-order chi connectivity index (χ1) is 8.10. The van der Waals surface area contributed by atoms with E-state index in [4.69, 9.17) is 0 Å². The summed E-state index contributed by atoms with van der Waals surface area (Å²) in [7, 11) is 6.00. The molecule has 2 aromatic heterocycles. The van der Waals surface area contributed by atoms with Crippen molar-refractivity contribution in [2.75, 3.05) is 26.5 Å². The van der Waals surface area contributed by atoms with Crippen molar-refractivity contribution in [1.82, 2.24) is 14.9 Å². The summed E-state index contributed by atoms with van der Waals surface area (Å²) in [6.07, 6.45) is 0. The summed E-state index contributed by atoms with van der Waals surface area (Å²) in [5, 5.41) is 7.22. The van der Waals surface area contributed by atoms with Crippen molar-refractivity contribution in [2.24, 2.45) is 0 Å². The van der Waals surface area contributed by atoms with Gasteiger partial charge in [-0.2, -0.15) is 0 Å². The van der Waals surface area contributed by atoms with Crippen LogP contribution >= 0.6 is 22.7 Å². The molecule has 92 valence electrons. The van der Waals surface area contributed by atoms with Crippen LogP contribution in [0.5, 0.6) is 0 Å². The minimum atomic E-state index is 0.883. The lowest BCUT2D eigenvalue weighted by molar-refractivity contribution is 0.401. The molecule has 1 N–H and O–H groups in total. The number of rotatable bonds is 4. The molecule has 0 saturated heterocycles. The summed E-state index contributed by atoms with van der Waals surface area (Å²) in [6.45, 7) is 2.93. The Hall–Kier alpha value is -0.980. The Morgan fingerprint density at radius 1 is 1.35 bits per heavy atom. The average Bonchev–Trinajstić information content (AvgIpc) is 2.83. The first-order valence-corrected chi connectivity index (χ1v) is 7.04. The second-order valence-corrected chi connectivity index (χ2v) is 5.99. The highest BCUT2D eigenvalue weighted by Crippen LogP contribution is 2.32. The van der Waals surface area contributed by atoms with Crippen LogP contribution in [0.15, 0.2) is 5.38 Å². The maximum Gasteiger partial charge on any atom is 0.182 e. The Kier molecular flexibility index (Phi) is 3.76. The molecule has 0 atom stereocenters. The molecule has 0 unspecified atom stereocenters. The van der Waals surface area contributed by atoms with E-state index >= 15 is 0 Å². The number of hydrogen-bond donors (Lipinski definition) is 1. The summed E-state index contributed by atoms with van der Waals surface area (Å²) < 4.78 is 0. The lowest BCUT2D eigenvalue weighted by atomic mass is 10.3. The first kappa shape index (κ1) is 12.5. The number of nitrogens with zero attached hydrogens (tertiary/aromatic N) is 3. The molecule has 0 amide bonds. The summed E-state index contributed by atoms with van der Waals surface area (Å²) >= 11 is 3.35. The van der Waals surface area contributed by atoms with Gasteiger partial charge in [0.1, 0.15) is 5.01 Å². The van der Waals surface area contributed by atoms with Crippen LogP contribution in [-0.2, 0) is 6.54 Å². The van der Waals surface area contributed by atoms with Crippen molar-refractivity contribution in [3.05, 3.63) is 16.1 Å². The van der Waals surface area contributed by atoms with Crippen molar-refractivity contribution < 1.29 is 0 Å². The maximum atomic E-state index is 4.58. The molecular formula is C11H16N4S2. The van der Waals surface area contributed by atoms with Gasteiger partial charge >= 0.3 is 0 Å². The standard InChI is InChI=1S/C11H16N4S2/c1-7-10(8-6-16-11(12-2)14-8)17-9(13-7)5-15(3)4/h6H,5H2,1-4H3,(H,12,14). The second-order valence-electron chi connectivity index (χ2n) is 4.05. The molecular weight excluding hydrogens is 252 g/mol. The Morgan fingerprint density at radius 3 is 2.71 bits per heavy atom. The molecule has 17 heavy (non-hydrogen) atoms. The van der Waals surface area contributed by atoms with E-state index < -0.39 is 0 Å². The number of hydrogen-bond acceptors (Lipinski definition) is 6. The molecule has 6 heteroatoms. The Bertz CT molecular complexity index is 501. The van der Waals surface area contributed by atoms with Crippen LogP contribution in [-0.4, -0.2) is 36.0 Å². The van der Waals surface area contributed by atoms with Crippen LogP contribution in [0, 0.1) is 6.92 Å². The fourth-order valence-electron chi connectivity index (χ4n) is 1.52. The predicted octanol–water partition coefficient (Wildman–Crippen LogP) is 2.68. The molecule has 2 aromatic rings. The van der Waals surface area contributed by atoms with E-state index in [1.54, 1.807) is 22.7 Å². The molecule has 0 aliphatic carbocycles. The third-order valence-electron chi connectivity index (χ3n) is 2.24. The van der Waals surface area contributed by atoms with Gasteiger partial charge < -0.3 is 10.2 Å². The van der Waals surface area contributed by atoms with Gasteiger partial charge in [0.2, 0.25) is 0 Å². The molecule has 2 rings (SSSR count). The van der Waals surface area contributed by atoms with E-state index in [0.717, 1.165) is 28.1 Å². The van der Waals surface area contributed by atoms with Crippen molar-refractivity contribution in [2.45, 2.75) is 13.5 Å². The minimum Gasteiger partial charge on any atom is -0.365 e. The zero-order chi connectivity index (χ0) is 12.4. The minimum absolute atomic E-state index is 0.883. The molecule has 0 aliphatic heterocycles. The largest absolute Gasteiger partial charge is 0.365 e. The van der Waals surface area contributed by atoms with Crippen molar-refractivity contribution >= 4 is 27.8 Å². The van der Waals surface area contributed by atoms with Gasteiger partial charge in [-0.15, -0.1) is 22.7 Å². The van der Waals surface area contributed by atoms with E-state index in [2.05, 4.69) is 39.7 Å². The normalized spacial score (nSPS) is 11.1. The number of aromatic nitrogens is 2. The molecule has 0 aromatic carbocycles. The number of anilines is 1. The Labute approximate surface area is 109 Å². The van der Waals surface area contributed by atoms with E-state index in [1.165, 1.54) is 4.88 Å². The van der Waals surface area contributed by atoms with Gasteiger partial charge in [0.15, 0.2) is 5.13 Å². The van der Waals surface area contributed by atoms with Crippen LogP contribution in [0.3, 0.4) is 0 Å². The maximum absolute atomic E-state index is 4.58. The topological polar surface area (TPSA) is 41.1 Å². The van der Waals surface area contributed by atoms with Crippen LogP contribution in [0.1, 0.15) is 10.7 Å². The molecule has 0 spiro atoms. The lowest BCUT2D eigenvalue weighted by Crippen LogP contribution is -2.10. The highest BCUT2D eigenvalue weighted by molar-refractivity contribution is 7.16. The molecule has 4 nitrogen and oxygen atoms in total. The smallest absolute Gasteiger partial charge is 0.182 e. The first-order valence-electron chi connectivity index (χ1n) is 5.35. The molecule has 0 fully saturated rings. The number of aryl methyl sites for hydroxylation is 1. The number of nitrogens with one attached hydrogen (secondary N) is 1. The van der Waals surface area contributed by atoms with E-state index in [0.29, 0.717) is 0 Å². The van der Waals surface area contributed by atoms with Crippen LogP contribution in [0.25, 0.3) is 10.6 Å². The second kappa shape index (κ2) is 5.12. The van der Waals surface area contributed by atoms with Crippen molar-refractivity contribution in [3.8, 4) is 10.6 Å². The molecule has 0 radical (unpaired) electrons. The van der Waals surface area contributed by atoms with Gasteiger partial charge in [0.05, 0.1) is 16.3 Å². The highest BCUT2D eigenvalue weighted by Gasteiger charge is 2.13. The highest BCUT2D eigenvalue weighted by atomic mass is 32.1. The van der Waals surface area contributed by atoms with Gasteiger partial charge in [0, 0.05) is 19.0 Å². The summed E-state index contributed by atoms with van der Waals surface area (Å²) in [5.74, 6) is 0. The van der Waals surface area contributed by atoms with Gasteiger partial charge in [-0.1, -0.05) is 0 Å². The van der Waals surface area contributed by atoms with Gasteiger partial charge in [-0.05, 0) is 21.0 Å². The summed E-state index contributed by atoms with van der Waals surface area (Å²) in [5.41, 5.74) is 2.10. The van der Waals surface area contributed by atoms with Crippen LogP contribution in [0.4, 0.5) is 5.13 Å². The summed E-state index contributed by atoms with van der Waals surface area (Å²) in [4.78, 5) is 12.4. The van der Waals surface area contributed by atoms with Gasteiger partial charge in [0.25, 0.3) is 0 Å². The third kappa shape index (κ3) is 2.83. The Balaban J connectivity index is 2.29. The zero-order valence-electron chi connectivity index (χ0n) is 10.4. The number of thiazole rings is 2. The molecule has 0 bridgehead atoms. The SMILES string of the molecule is CNc1nc(-c2sc(CN(C)C)nc2C)cs1. The van der Waals surface area contributed by atoms with Crippen LogP contribution in [0.2, 0.25) is 0 Å². The quantitative estimate of drug-likeness (QED) is 0.925. The fourth-order valence-corrected chi connectivity index (χ4v) is 3.40. The van der Waals surface area contributed by atoms with Crippen molar-refractivity contribution in [3.63, 3.8) is 0 Å². The third-order valence-corrected chi connectivity index (χ3v) is 4.27. The van der Waals surface area contributed by atoms with Crippen LogP contribution < -0.4 is 5.32 Å². The van der Waals surface area contributed by atoms with E-state index in [-0.39, 0.29) is 0 Å². The predicted molar refractivity (Wildman–Crippen MR) is 74.9 cm³/mol. The average molecular weight is 268 g/mol. The van der Waals surface area contributed by atoms with E-state index in [9.17, 15) is 0 Å². The molecule has 0 aliphatic rings. The van der Waals surface area contributed by atoms with Crippen molar-refractivity contribution in [1.29, 1.82) is 0 Å².